The summed E-state index contributed by atoms with van der Waals surface area (Å²) in [5.74, 6) is 0.828. The van der Waals surface area contributed by atoms with Gasteiger partial charge in [-0.2, -0.15) is 0 Å². The van der Waals surface area contributed by atoms with Gasteiger partial charge >= 0.3 is 0 Å². The zero-order chi connectivity index (χ0) is 11.4. The fourth-order valence-electron chi connectivity index (χ4n) is 1.35. The molecule has 1 rings (SSSR count). The number of thiocarbonyl (C=S) groups is 1. The number of nitrogens with two attached hydrogens (primary N) is 1. The molecule has 0 bridgehead atoms. The van der Waals surface area contributed by atoms with Gasteiger partial charge in [-0.15, -0.1) is 0 Å². The van der Waals surface area contributed by atoms with Gasteiger partial charge in [0.2, 0.25) is 0 Å². The lowest BCUT2D eigenvalue weighted by Gasteiger charge is -2.15. The molecule has 1 aromatic rings. The van der Waals surface area contributed by atoms with Crippen LogP contribution in [0.2, 0.25) is 0 Å². The van der Waals surface area contributed by atoms with Gasteiger partial charge in [0.1, 0.15) is 5.75 Å². The second kappa shape index (κ2) is 4.98. The quantitative estimate of drug-likeness (QED) is 0.788. The zero-order valence-corrected chi connectivity index (χ0v) is 10.1. The van der Waals surface area contributed by atoms with Crippen molar-refractivity contribution in [3.8, 4) is 5.75 Å². The molecule has 0 aliphatic rings. The highest BCUT2D eigenvalue weighted by atomic mass is 32.1. The number of hydrogen-bond acceptors (Lipinski definition) is 3. The first kappa shape index (κ1) is 11.8. The lowest BCUT2D eigenvalue weighted by Crippen LogP contribution is -2.13. The molecule has 0 aliphatic carbocycles. The molecule has 0 atom stereocenters. The molecule has 0 saturated heterocycles. The average molecular weight is 224 g/mol. The van der Waals surface area contributed by atoms with Crippen molar-refractivity contribution in [1.29, 1.82) is 0 Å². The summed E-state index contributed by atoms with van der Waals surface area (Å²) in [5, 5.41) is 0. The number of rotatable bonds is 4. The number of anilines is 1. The average Bonchev–Trinajstić information content (AvgIpc) is 2.17. The predicted octanol–water partition coefficient (Wildman–Crippen LogP) is 1.59. The van der Waals surface area contributed by atoms with Gasteiger partial charge in [-0.1, -0.05) is 18.3 Å². The minimum absolute atomic E-state index is 0.478. The van der Waals surface area contributed by atoms with Crippen molar-refractivity contribution in [3.63, 3.8) is 0 Å². The standard InChI is InChI=1S/C11H16N2OS/c1-13(2)9-5-4-8(6-11(12)15)10(7-9)14-3/h4-5,7H,6H2,1-3H3,(H2,12,15). The van der Waals surface area contributed by atoms with Gasteiger partial charge < -0.3 is 15.4 Å². The van der Waals surface area contributed by atoms with E-state index in [4.69, 9.17) is 22.7 Å². The van der Waals surface area contributed by atoms with Crippen LogP contribution >= 0.6 is 12.2 Å². The first-order valence-electron chi connectivity index (χ1n) is 4.67. The van der Waals surface area contributed by atoms with Crippen molar-refractivity contribution >= 4 is 22.9 Å². The van der Waals surface area contributed by atoms with Crippen LogP contribution in [0.1, 0.15) is 5.56 Å². The maximum atomic E-state index is 5.51. The summed E-state index contributed by atoms with van der Waals surface area (Å²) >= 11 is 4.88. The normalized spacial score (nSPS) is 9.80. The molecule has 0 saturated carbocycles. The highest BCUT2D eigenvalue weighted by Crippen LogP contribution is 2.24. The molecule has 0 amide bonds. The first-order valence-corrected chi connectivity index (χ1v) is 5.08. The summed E-state index contributed by atoms with van der Waals surface area (Å²) in [4.78, 5) is 2.50. The third-order valence-corrected chi connectivity index (χ3v) is 2.30. The Labute approximate surface area is 95.8 Å². The van der Waals surface area contributed by atoms with E-state index in [9.17, 15) is 0 Å². The molecule has 2 N–H and O–H groups in total. The maximum absolute atomic E-state index is 5.51. The molecule has 1 aromatic carbocycles. The van der Waals surface area contributed by atoms with Gasteiger partial charge in [0.15, 0.2) is 0 Å². The Balaban J connectivity index is 3.03. The van der Waals surface area contributed by atoms with Gasteiger partial charge in [0, 0.05) is 37.8 Å². The zero-order valence-electron chi connectivity index (χ0n) is 9.28. The van der Waals surface area contributed by atoms with Gasteiger partial charge in [0.25, 0.3) is 0 Å². The second-order valence-corrected chi connectivity index (χ2v) is 4.06. The molecule has 3 nitrogen and oxygen atoms in total. The van der Waals surface area contributed by atoms with Gasteiger partial charge in [-0.05, 0) is 6.07 Å². The van der Waals surface area contributed by atoms with Crippen molar-refractivity contribution in [3.05, 3.63) is 23.8 Å². The van der Waals surface area contributed by atoms with E-state index in [-0.39, 0.29) is 0 Å². The molecule has 0 unspecified atom stereocenters. The minimum Gasteiger partial charge on any atom is -0.496 e. The number of methoxy groups -OCH3 is 1. The van der Waals surface area contributed by atoms with Crippen LogP contribution < -0.4 is 15.4 Å². The molecular weight excluding hydrogens is 208 g/mol. The Bertz CT molecular complexity index is 364. The SMILES string of the molecule is COc1cc(N(C)C)ccc1CC(N)=S. The lowest BCUT2D eigenvalue weighted by atomic mass is 10.1. The van der Waals surface area contributed by atoms with Crippen molar-refractivity contribution < 1.29 is 4.74 Å². The fourth-order valence-corrected chi connectivity index (χ4v) is 1.50. The molecule has 4 heteroatoms. The highest BCUT2D eigenvalue weighted by molar-refractivity contribution is 7.80. The van der Waals surface area contributed by atoms with Crippen LogP contribution in [-0.4, -0.2) is 26.2 Å². The highest BCUT2D eigenvalue weighted by Gasteiger charge is 2.06. The van der Waals surface area contributed by atoms with Crippen LogP contribution in [-0.2, 0) is 6.42 Å². The molecule has 0 aromatic heterocycles. The molecule has 0 spiro atoms. The summed E-state index contributed by atoms with van der Waals surface area (Å²) in [6.07, 6.45) is 0.576. The Hall–Kier alpha value is -1.29. The summed E-state index contributed by atoms with van der Waals surface area (Å²) in [6, 6.07) is 6.00. The smallest absolute Gasteiger partial charge is 0.124 e. The van der Waals surface area contributed by atoms with Gasteiger partial charge in [0.05, 0.1) is 12.1 Å². The van der Waals surface area contributed by atoms with Crippen molar-refractivity contribution in [1.82, 2.24) is 0 Å². The van der Waals surface area contributed by atoms with E-state index in [2.05, 4.69) is 0 Å². The largest absolute Gasteiger partial charge is 0.496 e. The topological polar surface area (TPSA) is 38.5 Å². The van der Waals surface area contributed by atoms with E-state index in [1.165, 1.54) is 0 Å². The second-order valence-electron chi connectivity index (χ2n) is 3.53. The van der Waals surface area contributed by atoms with Crippen LogP contribution in [0, 0.1) is 0 Å². The molecule has 0 aliphatic heterocycles. The first-order chi connectivity index (χ1) is 7.04. The summed E-state index contributed by atoms with van der Waals surface area (Å²) in [7, 11) is 5.63. The van der Waals surface area contributed by atoms with Crippen LogP contribution in [0.5, 0.6) is 5.75 Å². The van der Waals surface area contributed by atoms with Crippen LogP contribution in [0.4, 0.5) is 5.69 Å². The van der Waals surface area contributed by atoms with E-state index in [1.807, 2.05) is 37.2 Å². The minimum atomic E-state index is 0.478. The molecule has 15 heavy (non-hydrogen) atoms. The number of nitrogens with zero attached hydrogens (tertiary/aromatic N) is 1. The summed E-state index contributed by atoms with van der Waals surface area (Å²) in [5.41, 5.74) is 7.63. The Morgan fingerprint density at radius 2 is 2.13 bits per heavy atom. The predicted molar refractivity (Wildman–Crippen MR) is 67.8 cm³/mol. The number of benzene rings is 1. The Morgan fingerprint density at radius 3 is 2.60 bits per heavy atom. The molecule has 0 heterocycles. The summed E-state index contributed by atoms with van der Waals surface area (Å²) in [6.45, 7) is 0. The number of hydrogen-bond donors (Lipinski definition) is 1. The molecule has 82 valence electrons. The van der Waals surface area contributed by atoms with E-state index in [0.717, 1.165) is 17.0 Å². The van der Waals surface area contributed by atoms with Crippen molar-refractivity contribution in [2.24, 2.45) is 5.73 Å². The van der Waals surface area contributed by atoms with Crippen molar-refractivity contribution in [2.45, 2.75) is 6.42 Å². The Morgan fingerprint density at radius 1 is 1.47 bits per heavy atom. The van der Waals surface area contributed by atoms with Crippen molar-refractivity contribution in [2.75, 3.05) is 26.1 Å². The van der Waals surface area contributed by atoms with Crippen LogP contribution in [0.25, 0.3) is 0 Å². The van der Waals surface area contributed by atoms with E-state index in [1.54, 1.807) is 7.11 Å². The van der Waals surface area contributed by atoms with Crippen LogP contribution in [0.3, 0.4) is 0 Å². The van der Waals surface area contributed by atoms with E-state index >= 15 is 0 Å². The lowest BCUT2D eigenvalue weighted by molar-refractivity contribution is 0.411. The summed E-state index contributed by atoms with van der Waals surface area (Å²) < 4.78 is 5.30. The van der Waals surface area contributed by atoms with Crippen LogP contribution in [0.15, 0.2) is 18.2 Å². The Kier molecular flexibility index (Phi) is 3.91. The molecule has 0 radical (unpaired) electrons. The monoisotopic (exact) mass is 224 g/mol. The van der Waals surface area contributed by atoms with Gasteiger partial charge in [-0.3, -0.25) is 0 Å². The van der Waals surface area contributed by atoms with E-state index < -0.39 is 0 Å². The number of ether oxygens (including phenoxy) is 1. The maximum Gasteiger partial charge on any atom is 0.124 e. The molecular formula is C11H16N2OS. The third-order valence-electron chi connectivity index (χ3n) is 2.15. The molecule has 0 fully saturated rings. The van der Waals surface area contributed by atoms with E-state index in [0.29, 0.717) is 11.4 Å². The fraction of sp³-hybridized carbons (Fsp3) is 0.364. The van der Waals surface area contributed by atoms with Gasteiger partial charge in [-0.25, -0.2) is 0 Å². The third kappa shape index (κ3) is 3.09.